The monoisotopic (exact) mass is 270 g/mol. The third kappa shape index (κ3) is 4.76. The molecule has 0 fully saturated rings. The molecule has 0 aliphatic carbocycles. The summed E-state index contributed by atoms with van der Waals surface area (Å²) >= 11 is 3.38. The number of halogens is 1. The van der Waals surface area contributed by atoms with Crippen molar-refractivity contribution in [2.24, 2.45) is 5.92 Å². The number of pyridine rings is 1. The van der Waals surface area contributed by atoms with Crippen LogP contribution in [0.25, 0.3) is 0 Å². The summed E-state index contributed by atoms with van der Waals surface area (Å²) in [5.41, 5.74) is 1.10. The third-order valence-electron chi connectivity index (χ3n) is 2.68. The molecule has 1 rings (SSSR count). The van der Waals surface area contributed by atoms with Crippen LogP contribution < -0.4 is 5.32 Å². The van der Waals surface area contributed by atoms with Gasteiger partial charge in [-0.25, -0.2) is 0 Å². The standard InChI is InChI=1S/C12H19BrN2/c1-3-10(4-2)7-14-9-12-6-5-11(13)8-15-12/h5-6,8,10,14H,3-4,7,9H2,1-2H3. The molecule has 1 aromatic rings. The van der Waals surface area contributed by atoms with E-state index in [0.29, 0.717) is 0 Å². The molecule has 0 unspecified atom stereocenters. The normalized spacial score (nSPS) is 10.9. The van der Waals surface area contributed by atoms with Crippen molar-refractivity contribution >= 4 is 15.9 Å². The van der Waals surface area contributed by atoms with Crippen molar-refractivity contribution in [3.8, 4) is 0 Å². The van der Waals surface area contributed by atoms with Crippen molar-refractivity contribution in [2.75, 3.05) is 6.54 Å². The molecule has 0 aliphatic heterocycles. The largest absolute Gasteiger partial charge is 0.311 e. The molecular weight excluding hydrogens is 252 g/mol. The lowest BCUT2D eigenvalue weighted by Gasteiger charge is -2.12. The summed E-state index contributed by atoms with van der Waals surface area (Å²) in [6.45, 7) is 6.44. The van der Waals surface area contributed by atoms with E-state index in [9.17, 15) is 0 Å². The fourth-order valence-corrected chi connectivity index (χ4v) is 1.73. The second kappa shape index (κ2) is 6.96. The fraction of sp³-hybridized carbons (Fsp3) is 0.583. The van der Waals surface area contributed by atoms with Gasteiger partial charge in [-0.2, -0.15) is 0 Å². The third-order valence-corrected chi connectivity index (χ3v) is 3.15. The molecule has 0 saturated carbocycles. The maximum absolute atomic E-state index is 4.32. The van der Waals surface area contributed by atoms with Crippen molar-refractivity contribution < 1.29 is 0 Å². The van der Waals surface area contributed by atoms with Gasteiger partial charge in [0.05, 0.1) is 5.69 Å². The van der Waals surface area contributed by atoms with Crippen molar-refractivity contribution in [3.63, 3.8) is 0 Å². The van der Waals surface area contributed by atoms with Crippen LogP contribution in [0.4, 0.5) is 0 Å². The molecule has 0 saturated heterocycles. The van der Waals surface area contributed by atoms with Gasteiger partial charge < -0.3 is 5.32 Å². The Morgan fingerprint density at radius 3 is 2.60 bits per heavy atom. The zero-order valence-corrected chi connectivity index (χ0v) is 11.0. The Hall–Kier alpha value is -0.410. The van der Waals surface area contributed by atoms with E-state index in [4.69, 9.17) is 0 Å². The van der Waals surface area contributed by atoms with E-state index < -0.39 is 0 Å². The van der Waals surface area contributed by atoms with Gasteiger partial charge in [0.25, 0.3) is 0 Å². The minimum atomic E-state index is 0.792. The van der Waals surface area contributed by atoms with Crippen LogP contribution in [0, 0.1) is 5.92 Å². The van der Waals surface area contributed by atoms with Crippen LogP contribution in [0.2, 0.25) is 0 Å². The summed E-state index contributed by atoms with van der Waals surface area (Å²) in [5, 5.41) is 3.45. The van der Waals surface area contributed by atoms with E-state index in [0.717, 1.165) is 29.2 Å². The fourth-order valence-electron chi connectivity index (χ4n) is 1.49. The SMILES string of the molecule is CCC(CC)CNCc1ccc(Br)cn1. The summed E-state index contributed by atoms with van der Waals surface area (Å²) in [6, 6.07) is 4.07. The van der Waals surface area contributed by atoms with E-state index in [1.54, 1.807) is 0 Å². The van der Waals surface area contributed by atoms with Crippen molar-refractivity contribution in [1.29, 1.82) is 0 Å². The lowest BCUT2D eigenvalue weighted by Crippen LogP contribution is -2.22. The minimum absolute atomic E-state index is 0.792. The Morgan fingerprint density at radius 2 is 2.07 bits per heavy atom. The van der Waals surface area contributed by atoms with Crippen LogP contribution in [-0.4, -0.2) is 11.5 Å². The smallest absolute Gasteiger partial charge is 0.0542 e. The van der Waals surface area contributed by atoms with Crippen LogP contribution in [0.3, 0.4) is 0 Å². The zero-order valence-electron chi connectivity index (χ0n) is 9.46. The number of hydrogen-bond donors (Lipinski definition) is 1. The van der Waals surface area contributed by atoms with Gasteiger partial charge in [-0.3, -0.25) is 4.98 Å². The molecule has 1 N–H and O–H groups in total. The van der Waals surface area contributed by atoms with E-state index in [-0.39, 0.29) is 0 Å². The maximum Gasteiger partial charge on any atom is 0.0542 e. The van der Waals surface area contributed by atoms with Gasteiger partial charge in [-0.1, -0.05) is 26.7 Å². The Labute approximate surface area is 101 Å². The van der Waals surface area contributed by atoms with Gasteiger partial charge in [0, 0.05) is 17.2 Å². The summed E-state index contributed by atoms with van der Waals surface area (Å²) in [6.07, 6.45) is 4.34. The van der Waals surface area contributed by atoms with Crippen LogP contribution in [0.1, 0.15) is 32.4 Å². The maximum atomic E-state index is 4.32. The summed E-state index contributed by atoms with van der Waals surface area (Å²) in [7, 11) is 0. The predicted octanol–water partition coefficient (Wildman–Crippen LogP) is 3.37. The molecule has 0 bridgehead atoms. The highest BCUT2D eigenvalue weighted by atomic mass is 79.9. The number of rotatable bonds is 6. The van der Waals surface area contributed by atoms with Gasteiger partial charge in [-0.15, -0.1) is 0 Å². The molecule has 0 amide bonds. The molecule has 0 spiro atoms. The van der Waals surface area contributed by atoms with Gasteiger partial charge in [0.1, 0.15) is 0 Å². The summed E-state index contributed by atoms with van der Waals surface area (Å²) in [5.74, 6) is 0.792. The molecule has 84 valence electrons. The number of nitrogens with one attached hydrogen (secondary N) is 1. The van der Waals surface area contributed by atoms with Gasteiger partial charge >= 0.3 is 0 Å². The van der Waals surface area contributed by atoms with Crippen LogP contribution >= 0.6 is 15.9 Å². The highest BCUT2D eigenvalue weighted by molar-refractivity contribution is 9.10. The average molecular weight is 271 g/mol. The second-order valence-electron chi connectivity index (χ2n) is 3.78. The number of hydrogen-bond acceptors (Lipinski definition) is 2. The first-order chi connectivity index (χ1) is 7.26. The quantitative estimate of drug-likeness (QED) is 0.858. The average Bonchev–Trinajstić information content (AvgIpc) is 2.27. The van der Waals surface area contributed by atoms with E-state index >= 15 is 0 Å². The lowest BCUT2D eigenvalue weighted by atomic mass is 10.0. The summed E-state index contributed by atoms with van der Waals surface area (Å²) in [4.78, 5) is 4.32. The Morgan fingerprint density at radius 1 is 1.33 bits per heavy atom. The zero-order chi connectivity index (χ0) is 11.1. The second-order valence-corrected chi connectivity index (χ2v) is 4.70. The Balaban J connectivity index is 2.28. The minimum Gasteiger partial charge on any atom is -0.311 e. The molecule has 2 nitrogen and oxygen atoms in total. The van der Waals surface area contributed by atoms with E-state index in [1.807, 2.05) is 18.3 Å². The van der Waals surface area contributed by atoms with Crippen LogP contribution in [0.15, 0.2) is 22.8 Å². The van der Waals surface area contributed by atoms with Crippen LogP contribution in [-0.2, 0) is 6.54 Å². The van der Waals surface area contributed by atoms with Gasteiger partial charge in [-0.05, 0) is 40.5 Å². The molecule has 0 atom stereocenters. The highest BCUT2D eigenvalue weighted by Crippen LogP contribution is 2.08. The molecule has 0 aromatic carbocycles. The Bertz CT molecular complexity index is 267. The molecule has 0 radical (unpaired) electrons. The first-order valence-electron chi connectivity index (χ1n) is 5.57. The first kappa shape index (κ1) is 12.7. The van der Waals surface area contributed by atoms with E-state index in [2.05, 4.69) is 40.1 Å². The van der Waals surface area contributed by atoms with Gasteiger partial charge in [0.15, 0.2) is 0 Å². The molecule has 0 aliphatic rings. The van der Waals surface area contributed by atoms with Crippen LogP contribution in [0.5, 0.6) is 0 Å². The highest BCUT2D eigenvalue weighted by Gasteiger charge is 2.02. The van der Waals surface area contributed by atoms with Crippen molar-refractivity contribution in [3.05, 3.63) is 28.5 Å². The topological polar surface area (TPSA) is 24.9 Å². The number of nitrogens with zero attached hydrogens (tertiary/aromatic N) is 1. The molecule has 15 heavy (non-hydrogen) atoms. The number of aromatic nitrogens is 1. The van der Waals surface area contributed by atoms with Crippen molar-refractivity contribution in [1.82, 2.24) is 10.3 Å². The Kier molecular flexibility index (Phi) is 5.88. The molecule has 1 aromatic heterocycles. The van der Waals surface area contributed by atoms with Crippen molar-refractivity contribution in [2.45, 2.75) is 33.2 Å². The lowest BCUT2D eigenvalue weighted by molar-refractivity contribution is 0.448. The van der Waals surface area contributed by atoms with E-state index in [1.165, 1.54) is 12.8 Å². The molecule has 3 heteroatoms. The first-order valence-corrected chi connectivity index (χ1v) is 6.36. The predicted molar refractivity (Wildman–Crippen MR) is 67.7 cm³/mol. The van der Waals surface area contributed by atoms with Gasteiger partial charge in [0.2, 0.25) is 0 Å². The molecule has 1 heterocycles. The molecular formula is C12H19BrN2. The summed E-state index contributed by atoms with van der Waals surface area (Å²) < 4.78 is 1.03.